The fourth-order valence-electron chi connectivity index (χ4n) is 2.82. The Labute approximate surface area is 162 Å². The Hall–Kier alpha value is -2.86. The number of carbonyl (C=O) groups is 1. The van der Waals surface area contributed by atoms with Crippen LogP contribution in [0.5, 0.6) is 11.5 Å². The van der Waals surface area contributed by atoms with E-state index in [1.54, 1.807) is 25.6 Å². The molecule has 1 fully saturated rings. The van der Waals surface area contributed by atoms with E-state index in [4.69, 9.17) is 14.5 Å². The maximum Gasteiger partial charge on any atom is 0.227 e. The van der Waals surface area contributed by atoms with Gasteiger partial charge in [0, 0.05) is 28.1 Å². The van der Waals surface area contributed by atoms with Gasteiger partial charge in [0.05, 0.1) is 19.9 Å². The minimum atomic E-state index is 0.118. The van der Waals surface area contributed by atoms with Gasteiger partial charge in [0.2, 0.25) is 5.91 Å². The molecule has 0 atom stereocenters. The Morgan fingerprint density at radius 3 is 2.41 bits per heavy atom. The average molecular weight is 380 g/mol. The first-order chi connectivity index (χ1) is 13.2. The van der Waals surface area contributed by atoms with Gasteiger partial charge in [-0.05, 0) is 55.3 Å². The Balaban J connectivity index is 1.52. The first-order valence-corrected chi connectivity index (χ1v) is 9.65. The molecule has 3 aromatic rings. The van der Waals surface area contributed by atoms with Crippen molar-refractivity contribution in [3.63, 3.8) is 0 Å². The molecule has 138 valence electrons. The number of thiazole rings is 1. The summed E-state index contributed by atoms with van der Waals surface area (Å²) in [5.74, 6) is 1.70. The van der Waals surface area contributed by atoms with Crippen LogP contribution in [0.25, 0.3) is 21.8 Å². The molecule has 1 aliphatic rings. The standard InChI is InChI=1S/C21H20N2O3S/c1-25-18-10-7-15(11-19(18)26-2)17-12-27-21(23-17)14-5-8-16(9-6-14)22-20(24)13-3-4-13/h5-13H,3-4H2,1-2H3,(H,22,24). The Morgan fingerprint density at radius 1 is 1.04 bits per heavy atom. The number of benzene rings is 2. The van der Waals surface area contributed by atoms with Gasteiger partial charge >= 0.3 is 0 Å². The number of aromatic nitrogens is 1. The van der Waals surface area contributed by atoms with E-state index in [-0.39, 0.29) is 11.8 Å². The summed E-state index contributed by atoms with van der Waals surface area (Å²) in [6.07, 6.45) is 2.00. The Bertz CT molecular complexity index is 962. The van der Waals surface area contributed by atoms with Crippen LogP contribution in [0, 0.1) is 5.92 Å². The summed E-state index contributed by atoms with van der Waals surface area (Å²) in [5.41, 5.74) is 3.72. The molecule has 5 nitrogen and oxygen atoms in total. The summed E-state index contributed by atoms with van der Waals surface area (Å²) in [6.45, 7) is 0. The molecule has 0 saturated heterocycles. The molecule has 1 saturated carbocycles. The van der Waals surface area contributed by atoms with E-state index in [9.17, 15) is 4.79 Å². The number of amides is 1. The number of nitrogens with zero attached hydrogens (tertiary/aromatic N) is 1. The van der Waals surface area contributed by atoms with Crippen LogP contribution in [0.4, 0.5) is 5.69 Å². The molecule has 0 aliphatic heterocycles. The molecule has 6 heteroatoms. The highest BCUT2D eigenvalue weighted by atomic mass is 32.1. The van der Waals surface area contributed by atoms with Crippen LogP contribution >= 0.6 is 11.3 Å². The zero-order valence-corrected chi connectivity index (χ0v) is 16.0. The lowest BCUT2D eigenvalue weighted by Crippen LogP contribution is -2.12. The number of anilines is 1. The fourth-order valence-corrected chi connectivity index (χ4v) is 3.66. The quantitative estimate of drug-likeness (QED) is 0.664. The normalized spacial score (nSPS) is 13.3. The van der Waals surface area contributed by atoms with E-state index in [0.29, 0.717) is 11.5 Å². The second-order valence-electron chi connectivity index (χ2n) is 6.45. The zero-order chi connectivity index (χ0) is 18.8. The number of methoxy groups -OCH3 is 2. The molecule has 0 radical (unpaired) electrons. The van der Waals surface area contributed by atoms with Crippen LogP contribution in [-0.2, 0) is 4.79 Å². The first-order valence-electron chi connectivity index (χ1n) is 8.77. The SMILES string of the molecule is COc1ccc(-c2csc(-c3ccc(NC(=O)C4CC4)cc3)n2)cc1OC. The lowest BCUT2D eigenvalue weighted by Gasteiger charge is -2.08. The number of hydrogen-bond acceptors (Lipinski definition) is 5. The first kappa shape index (κ1) is 17.5. The predicted molar refractivity (Wildman–Crippen MR) is 107 cm³/mol. The molecule has 0 bridgehead atoms. The van der Waals surface area contributed by atoms with E-state index in [0.717, 1.165) is 40.4 Å². The number of rotatable bonds is 6. The third-order valence-corrected chi connectivity index (χ3v) is 5.42. The van der Waals surface area contributed by atoms with E-state index in [2.05, 4.69) is 5.32 Å². The summed E-state index contributed by atoms with van der Waals surface area (Å²) in [7, 11) is 3.24. The summed E-state index contributed by atoms with van der Waals surface area (Å²) in [6, 6.07) is 13.6. The monoisotopic (exact) mass is 380 g/mol. The summed E-state index contributed by atoms with van der Waals surface area (Å²) < 4.78 is 10.7. The van der Waals surface area contributed by atoms with Crippen molar-refractivity contribution in [1.29, 1.82) is 0 Å². The smallest absolute Gasteiger partial charge is 0.227 e. The number of hydrogen-bond donors (Lipinski definition) is 1. The highest BCUT2D eigenvalue weighted by Gasteiger charge is 2.29. The maximum absolute atomic E-state index is 11.8. The van der Waals surface area contributed by atoms with Gasteiger partial charge in [-0.3, -0.25) is 4.79 Å². The molecule has 0 unspecified atom stereocenters. The van der Waals surface area contributed by atoms with Crippen molar-refractivity contribution in [2.24, 2.45) is 5.92 Å². The van der Waals surface area contributed by atoms with Crippen LogP contribution < -0.4 is 14.8 Å². The molecule has 1 heterocycles. The van der Waals surface area contributed by atoms with Gasteiger partial charge in [0.25, 0.3) is 0 Å². The third kappa shape index (κ3) is 3.80. The van der Waals surface area contributed by atoms with Gasteiger partial charge in [0.15, 0.2) is 11.5 Å². The molecule has 27 heavy (non-hydrogen) atoms. The average Bonchev–Trinajstić information content (AvgIpc) is 3.45. The van der Waals surface area contributed by atoms with Crippen molar-refractivity contribution >= 4 is 22.9 Å². The molecule has 0 spiro atoms. The van der Waals surface area contributed by atoms with Crippen LogP contribution in [-0.4, -0.2) is 25.1 Å². The molecule has 1 amide bonds. The van der Waals surface area contributed by atoms with Crippen molar-refractivity contribution in [1.82, 2.24) is 4.98 Å². The van der Waals surface area contributed by atoms with Gasteiger partial charge in [-0.2, -0.15) is 0 Å². The van der Waals surface area contributed by atoms with E-state index in [1.165, 1.54) is 0 Å². The lowest BCUT2D eigenvalue weighted by molar-refractivity contribution is -0.117. The number of ether oxygens (including phenoxy) is 2. The molecule has 4 rings (SSSR count). The Morgan fingerprint density at radius 2 is 1.74 bits per heavy atom. The van der Waals surface area contributed by atoms with Crippen molar-refractivity contribution in [3.8, 4) is 33.3 Å². The van der Waals surface area contributed by atoms with E-state index >= 15 is 0 Å². The molecule has 1 N–H and O–H groups in total. The van der Waals surface area contributed by atoms with Crippen LogP contribution in [0.3, 0.4) is 0 Å². The largest absolute Gasteiger partial charge is 0.493 e. The second-order valence-corrected chi connectivity index (χ2v) is 7.31. The number of carbonyl (C=O) groups excluding carboxylic acids is 1. The topological polar surface area (TPSA) is 60.5 Å². The highest BCUT2D eigenvalue weighted by molar-refractivity contribution is 7.13. The van der Waals surface area contributed by atoms with E-state index in [1.807, 2.05) is 47.8 Å². The van der Waals surface area contributed by atoms with Crippen molar-refractivity contribution in [3.05, 3.63) is 47.8 Å². The zero-order valence-electron chi connectivity index (χ0n) is 15.2. The van der Waals surface area contributed by atoms with Gasteiger partial charge in [0.1, 0.15) is 5.01 Å². The van der Waals surface area contributed by atoms with E-state index < -0.39 is 0 Å². The predicted octanol–water partition coefficient (Wildman–Crippen LogP) is 4.84. The van der Waals surface area contributed by atoms with Gasteiger partial charge in [-0.15, -0.1) is 11.3 Å². The maximum atomic E-state index is 11.8. The Kier molecular flexibility index (Phi) is 4.81. The van der Waals surface area contributed by atoms with Crippen LogP contribution in [0.2, 0.25) is 0 Å². The van der Waals surface area contributed by atoms with Gasteiger partial charge in [-0.1, -0.05) is 0 Å². The summed E-state index contributed by atoms with van der Waals surface area (Å²) in [5, 5.41) is 5.91. The minimum Gasteiger partial charge on any atom is -0.493 e. The van der Waals surface area contributed by atoms with Gasteiger partial charge in [-0.25, -0.2) is 4.98 Å². The number of nitrogens with one attached hydrogen (secondary N) is 1. The summed E-state index contributed by atoms with van der Waals surface area (Å²) >= 11 is 1.59. The summed E-state index contributed by atoms with van der Waals surface area (Å²) in [4.78, 5) is 16.6. The molecule has 1 aromatic heterocycles. The van der Waals surface area contributed by atoms with Crippen LogP contribution in [0.15, 0.2) is 47.8 Å². The highest BCUT2D eigenvalue weighted by Crippen LogP contribution is 2.35. The fraction of sp³-hybridized carbons (Fsp3) is 0.238. The van der Waals surface area contributed by atoms with Gasteiger partial charge < -0.3 is 14.8 Å². The molecule has 1 aliphatic carbocycles. The molecular formula is C21H20N2O3S. The van der Waals surface area contributed by atoms with Crippen molar-refractivity contribution in [2.75, 3.05) is 19.5 Å². The molecular weight excluding hydrogens is 360 g/mol. The third-order valence-electron chi connectivity index (χ3n) is 4.53. The lowest BCUT2D eigenvalue weighted by atomic mass is 10.1. The second kappa shape index (κ2) is 7.40. The van der Waals surface area contributed by atoms with Crippen molar-refractivity contribution < 1.29 is 14.3 Å². The van der Waals surface area contributed by atoms with Crippen LogP contribution in [0.1, 0.15) is 12.8 Å². The molecule has 2 aromatic carbocycles. The minimum absolute atomic E-state index is 0.118. The van der Waals surface area contributed by atoms with Crippen molar-refractivity contribution in [2.45, 2.75) is 12.8 Å².